The van der Waals surface area contributed by atoms with Gasteiger partial charge in [0.1, 0.15) is 0 Å². The van der Waals surface area contributed by atoms with Gasteiger partial charge in [0, 0.05) is 36.5 Å². The summed E-state index contributed by atoms with van der Waals surface area (Å²) in [7, 11) is 0. The Morgan fingerprint density at radius 2 is 2.00 bits per heavy atom. The number of thioether (sulfide) groups is 1. The van der Waals surface area contributed by atoms with Gasteiger partial charge in [0.05, 0.1) is 0 Å². The Morgan fingerprint density at radius 3 is 2.50 bits per heavy atom. The van der Waals surface area contributed by atoms with Gasteiger partial charge in [-0.05, 0) is 44.8 Å². The highest BCUT2D eigenvalue weighted by atomic mass is 32.2. The van der Waals surface area contributed by atoms with Gasteiger partial charge in [0.2, 0.25) is 0 Å². The third-order valence-corrected chi connectivity index (χ3v) is 6.79. The fraction of sp³-hybridized carbons (Fsp3) is 1.00. The average molecular weight is 270 g/mol. The molecule has 0 radical (unpaired) electrons. The second-order valence-corrected chi connectivity index (χ2v) is 7.70. The highest BCUT2D eigenvalue weighted by molar-refractivity contribution is 8.00. The van der Waals surface area contributed by atoms with Crippen LogP contribution in [0.5, 0.6) is 0 Å². The zero-order valence-electron chi connectivity index (χ0n) is 12.6. The molecule has 1 N–H and O–H groups in total. The fourth-order valence-corrected chi connectivity index (χ4v) is 4.35. The minimum absolute atomic E-state index is 0.393. The van der Waals surface area contributed by atoms with Crippen LogP contribution in [0.2, 0.25) is 0 Å². The molecule has 0 spiro atoms. The van der Waals surface area contributed by atoms with E-state index in [1.807, 2.05) is 0 Å². The summed E-state index contributed by atoms with van der Waals surface area (Å²) in [6.45, 7) is 12.1. The van der Waals surface area contributed by atoms with Crippen molar-refractivity contribution in [2.45, 2.75) is 56.7 Å². The number of hydrogen-bond donors (Lipinski definition) is 1. The Kier molecular flexibility index (Phi) is 4.66. The Balaban J connectivity index is 1.96. The molecule has 0 amide bonds. The van der Waals surface area contributed by atoms with E-state index in [0.717, 1.165) is 5.92 Å². The molecule has 2 fully saturated rings. The predicted octanol–water partition coefficient (Wildman–Crippen LogP) is 2.98. The van der Waals surface area contributed by atoms with E-state index in [9.17, 15) is 0 Å². The molecule has 2 rings (SSSR count). The summed E-state index contributed by atoms with van der Waals surface area (Å²) in [4.78, 5) is 2.72. The standard InChI is InChI=1S/C15H30N2S/c1-5-15(6-2,18-4)12-17-10-9-16-14(3,11-17)13-7-8-13/h13,16H,5-12H2,1-4H3. The van der Waals surface area contributed by atoms with Gasteiger partial charge in [-0.1, -0.05) is 13.8 Å². The summed E-state index contributed by atoms with van der Waals surface area (Å²) in [5.41, 5.74) is 0.393. The molecule has 1 saturated carbocycles. The molecule has 2 aliphatic rings. The molecule has 0 bridgehead atoms. The molecule has 0 aromatic carbocycles. The first kappa shape index (κ1) is 14.7. The van der Waals surface area contributed by atoms with Crippen LogP contribution in [-0.4, -0.2) is 47.6 Å². The van der Waals surface area contributed by atoms with Gasteiger partial charge in [0.15, 0.2) is 0 Å². The van der Waals surface area contributed by atoms with Crippen molar-refractivity contribution in [2.75, 3.05) is 32.4 Å². The van der Waals surface area contributed by atoms with Crippen LogP contribution in [0.4, 0.5) is 0 Å². The van der Waals surface area contributed by atoms with Crippen LogP contribution in [0.15, 0.2) is 0 Å². The molecule has 1 saturated heterocycles. The molecule has 18 heavy (non-hydrogen) atoms. The van der Waals surface area contributed by atoms with Crippen LogP contribution in [0.25, 0.3) is 0 Å². The van der Waals surface area contributed by atoms with E-state index >= 15 is 0 Å². The lowest BCUT2D eigenvalue weighted by molar-refractivity contribution is 0.115. The molecule has 0 aromatic heterocycles. The molecule has 2 nitrogen and oxygen atoms in total. The van der Waals surface area contributed by atoms with Crippen LogP contribution >= 0.6 is 11.8 Å². The highest BCUT2D eigenvalue weighted by Gasteiger charge is 2.44. The van der Waals surface area contributed by atoms with Crippen molar-refractivity contribution in [1.29, 1.82) is 0 Å². The Hall–Kier alpha value is 0.270. The van der Waals surface area contributed by atoms with Gasteiger partial charge < -0.3 is 5.32 Å². The number of rotatable bonds is 6. The molecular formula is C15H30N2S. The predicted molar refractivity (Wildman–Crippen MR) is 82.4 cm³/mol. The Labute approximate surface area is 117 Å². The summed E-state index contributed by atoms with van der Waals surface area (Å²) < 4.78 is 0.474. The molecule has 106 valence electrons. The summed E-state index contributed by atoms with van der Waals surface area (Å²) in [6.07, 6.45) is 7.73. The number of nitrogens with one attached hydrogen (secondary N) is 1. The van der Waals surface area contributed by atoms with Gasteiger partial charge in [-0.15, -0.1) is 0 Å². The van der Waals surface area contributed by atoms with Crippen LogP contribution in [0.1, 0.15) is 46.5 Å². The van der Waals surface area contributed by atoms with Crippen LogP contribution in [-0.2, 0) is 0 Å². The van der Waals surface area contributed by atoms with Gasteiger partial charge in [-0.2, -0.15) is 11.8 Å². The largest absolute Gasteiger partial charge is 0.309 e. The van der Waals surface area contributed by atoms with E-state index in [1.165, 1.54) is 51.9 Å². The Bertz CT molecular complexity index is 265. The van der Waals surface area contributed by atoms with Gasteiger partial charge in [0.25, 0.3) is 0 Å². The van der Waals surface area contributed by atoms with Crippen LogP contribution < -0.4 is 5.32 Å². The van der Waals surface area contributed by atoms with E-state index in [1.54, 1.807) is 0 Å². The second-order valence-electron chi connectivity index (χ2n) is 6.42. The quantitative estimate of drug-likeness (QED) is 0.799. The third kappa shape index (κ3) is 3.05. The maximum absolute atomic E-state index is 3.78. The van der Waals surface area contributed by atoms with Crippen molar-refractivity contribution in [3.63, 3.8) is 0 Å². The lowest BCUT2D eigenvalue weighted by atomic mass is 9.91. The minimum atomic E-state index is 0.393. The van der Waals surface area contributed by atoms with Crippen molar-refractivity contribution in [1.82, 2.24) is 10.2 Å². The number of hydrogen-bond acceptors (Lipinski definition) is 3. The molecule has 1 heterocycles. The lowest BCUT2D eigenvalue weighted by Gasteiger charge is -2.45. The van der Waals surface area contributed by atoms with Gasteiger partial charge in [-0.25, -0.2) is 0 Å². The van der Waals surface area contributed by atoms with E-state index in [2.05, 4.69) is 49.0 Å². The minimum Gasteiger partial charge on any atom is -0.309 e. The van der Waals surface area contributed by atoms with E-state index in [0.29, 0.717) is 10.3 Å². The van der Waals surface area contributed by atoms with Crippen molar-refractivity contribution < 1.29 is 0 Å². The van der Waals surface area contributed by atoms with Crippen molar-refractivity contribution in [3.05, 3.63) is 0 Å². The summed E-state index contributed by atoms with van der Waals surface area (Å²) >= 11 is 2.07. The van der Waals surface area contributed by atoms with Crippen LogP contribution in [0.3, 0.4) is 0 Å². The molecule has 0 aromatic rings. The zero-order chi connectivity index (χ0) is 13.2. The first-order valence-corrected chi connectivity index (χ1v) is 8.82. The average Bonchev–Trinajstić information content (AvgIpc) is 3.21. The first-order chi connectivity index (χ1) is 8.57. The summed E-state index contributed by atoms with van der Waals surface area (Å²) in [6, 6.07) is 0. The van der Waals surface area contributed by atoms with Crippen LogP contribution in [0, 0.1) is 5.92 Å². The summed E-state index contributed by atoms with van der Waals surface area (Å²) in [5, 5.41) is 3.78. The molecule has 1 atom stereocenters. The van der Waals surface area contributed by atoms with Gasteiger partial charge >= 0.3 is 0 Å². The highest BCUT2D eigenvalue weighted by Crippen LogP contribution is 2.41. The monoisotopic (exact) mass is 270 g/mol. The Morgan fingerprint density at radius 1 is 1.33 bits per heavy atom. The summed E-state index contributed by atoms with van der Waals surface area (Å²) in [5.74, 6) is 0.937. The normalized spacial score (nSPS) is 30.7. The van der Waals surface area contributed by atoms with E-state index in [4.69, 9.17) is 0 Å². The van der Waals surface area contributed by atoms with E-state index in [-0.39, 0.29) is 0 Å². The third-order valence-electron chi connectivity index (χ3n) is 5.22. The molecule has 1 aliphatic heterocycles. The zero-order valence-corrected chi connectivity index (χ0v) is 13.4. The van der Waals surface area contributed by atoms with E-state index < -0.39 is 0 Å². The molecule has 1 aliphatic carbocycles. The van der Waals surface area contributed by atoms with Crippen molar-refractivity contribution >= 4 is 11.8 Å². The molecule has 1 unspecified atom stereocenters. The topological polar surface area (TPSA) is 15.3 Å². The second kappa shape index (κ2) is 5.72. The SMILES string of the molecule is CCC(CC)(CN1CCNC(C)(C2CC2)C1)SC. The maximum atomic E-state index is 3.78. The molecule has 3 heteroatoms. The first-order valence-electron chi connectivity index (χ1n) is 7.60. The number of nitrogens with zero attached hydrogens (tertiary/aromatic N) is 1. The number of piperazine rings is 1. The maximum Gasteiger partial charge on any atom is 0.0309 e. The molecular weight excluding hydrogens is 240 g/mol. The lowest BCUT2D eigenvalue weighted by Crippen LogP contribution is -2.61. The van der Waals surface area contributed by atoms with Crippen molar-refractivity contribution in [3.8, 4) is 0 Å². The van der Waals surface area contributed by atoms with Crippen molar-refractivity contribution in [2.24, 2.45) is 5.92 Å². The van der Waals surface area contributed by atoms with Gasteiger partial charge in [-0.3, -0.25) is 4.90 Å². The fourth-order valence-electron chi connectivity index (χ4n) is 3.46. The smallest absolute Gasteiger partial charge is 0.0309 e.